The summed E-state index contributed by atoms with van der Waals surface area (Å²) in [5.74, 6) is -0.244. The predicted octanol–water partition coefficient (Wildman–Crippen LogP) is 3.91. The number of rotatable bonds is 4. The molecule has 0 bridgehead atoms. The third kappa shape index (κ3) is 4.25. The van der Waals surface area contributed by atoms with Crippen LogP contribution in [0.2, 0.25) is 0 Å². The van der Waals surface area contributed by atoms with Crippen LogP contribution >= 0.6 is 11.3 Å². The molecule has 1 aliphatic rings. The maximum Gasteiger partial charge on any atom is 0.349 e. The van der Waals surface area contributed by atoms with Crippen molar-refractivity contribution in [2.75, 3.05) is 11.9 Å². The molecule has 31 heavy (non-hydrogen) atoms. The Morgan fingerprint density at radius 1 is 1.19 bits per heavy atom. The van der Waals surface area contributed by atoms with E-state index in [9.17, 15) is 14.4 Å². The predicted molar refractivity (Wildman–Crippen MR) is 121 cm³/mol. The molecule has 7 nitrogen and oxygen atoms in total. The van der Waals surface area contributed by atoms with E-state index in [1.54, 1.807) is 11.5 Å². The summed E-state index contributed by atoms with van der Waals surface area (Å²) in [7, 11) is 0. The summed E-state index contributed by atoms with van der Waals surface area (Å²) >= 11 is 1.16. The van der Waals surface area contributed by atoms with Crippen LogP contribution in [-0.4, -0.2) is 28.0 Å². The lowest BCUT2D eigenvalue weighted by molar-refractivity contribution is -0.119. The van der Waals surface area contributed by atoms with E-state index in [-0.39, 0.29) is 5.56 Å². The number of nitrogens with one attached hydrogen (secondary N) is 1. The van der Waals surface area contributed by atoms with E-state index in [0.717, 1.165) is 54.0 Å². The van der Waals surface area contributed by atoms with Crippen LogP contribution in [0.4, 0.5) is 5.69 Å². The molecule has 0 aliphatic carbocycles. The number of nitrogens with zero attached hydrogens (tertiary/aromatic N) is 2. The van der Waals surface area contributed by atoms with Gasteiger partial charge in [0.25, 0.3) is 11.5 Å². The lowest BCUT2D eigenvalue weighted by atomic mass is 10.1. The van der Waals surface area contributed by atoms with Gasteiger partial charge in [0.1, 0.15) is 15.5 Å². The van der Waals surface area contributed by atoms with Gasteiger partial charge >= 0.3 is 5.97 Å². The first-order valence-corrected chi connectivity index (χ1v) is 11.2. The second kappa shape index (κ2) is 8.63. The Kier molecular flexibility index (Phi) is 5.91. The van der Waals surface area contributed by atoms with Crippen molar-refractivity contribution in [1.29, 1.82) is 0 Å². The SMILES string of the molecule is Cc1ccc(C)c(NC(=O)COC(=O)c2sc3nc4n(c(=O)c3c2C)CCCCC4)c1. The highest BCUT2D eigenvalue weighted by Gasteiger charge is 2.23. The van der Waals surface area contributed by atoms with Gasteiger partial charge in [0.05, 0.1) is 5.39 Å². The first kappa shape index (κ1) is 21.2. The molecule has 0 fully saturated rings. The van der Waals surface area contributed by atoms with E-state index in [2.05, 4.69) is 10.3 Å². The molecule has 4 rings (SSSR count). The Labute approximate surface area is 184 Å². The van der Waals surface area contributed by atoms with Crippen molar-refractivity contribution in [1.82, 2.24) is 9.55 Å². The largest absolute Gasteiger partial charge is 0.451 e. The fourth-order valence-corrected chi connectivity index (χ4v) is 4.94. The summed E-state index contributed by atoms with van der Waals surface area (Å²) in [6.07, 6.45) is 3.80. The van der Waals surface area contributed by atoms with Gasteiger partial charge in [0, 0.05) is 18.7 Å². The van der Waals surface area contributed by atoms with Crippen molar-refractivity contribution in [2.24, 2.45) is 0 Å². The summed E-state index contributed by atoms with van der Waals surface area (Å²) in [5.41, 5.74) is 3.12. The van der Waals surface area contributed by atoms with Crippen molar-refractivity contribution < 1.29 is 14.3 Å². The third-order valence-electron chi connectivity index (χ3n) is 5.60. The first-order valence-electron chi connectivity index (χ1n) is 10.4. The zero-order valence-electron chi connectivity index (χ0n) is 17.9. The molecule has 0 atom stereocenters. The van der Waals surface area contributed by atoms with Crippen molar-refractivity contribution in [3.63, 3.8) is 0 Å². The monoisotopic (exact) mass is 439 g/mol. The number of anilines is 1. The number of aryl methyl sites for hydroxylation is 4. The summed E-state index contributed by atoms with van der Waals surface area (Å²) in [6, 6.07) is 5.75. The average Bonchev–Trinajstić information content (AvgIpc) is 2.90. The molecule has 0 saturated carbocycles. The fourth-order valence-electron chi connectivity index (χ4n) is 3.86. The van der Waals surface area contributed by atoms with Crippen LogP contribution in [0, 0.1) is 20.8 Å². The number of amides is 1. The number of carbonyl (C=O) groups excluding carboxylic acids is 2. The van der Waals surface area contributed by atoms with Gasteiger partial charge in [-0.1, -0.05) is 18.6 Å². The minimum absolute atomic E-state index is 0.0950. The van der Waals surface area contributed by atoms with Crippen molar-refractivity contribution in [2.45, 2.75) is 53.0 Å². The minimum Gasteiger partial charge on any atom is -0.451 e. The zero-order valence-corrected chi connectivity index (χ0v) is 18.7. The van der Waals surface area contributed by atoms with Crippen LogP contribution in [0.5, 0.6) is 0 Å². The van der Waals surface area contributed by atoms with Crippen LogP contribution in [0.15, 0.2) is 23.0 Å². The number of carbonyl (C=O) groups is 2. The van der Waals surface area contributed by atoms with Gasteiger partial charge in [0.15, 0.2) is 6.61 Å². The van der Waals surface area contributed by atoms with Gasteiger partial charge in [-0.3, -0.25) is 14.2 Å². The average molecular weight is 440 g/mol. The smallest absolute Gasteiger partial charge is 0.349 e. The molecule has 0 spiro atoms. The molecule has 3 heterocycles. The molecule has 0 saturated heterocycles. The number of fused-ring (bicyclic) bond motifs is 2. The summed E-state index contributed by atoms with van der Waals surface area (Å²) in [6.45, 7) is 5.83. The van der Waals surface area contributed by atoms with Gasteiger partial charge in [0.2, 0.25) is 0 Å². The number of aromatic nitrogens is 2. The first-order chi connectivity index (χ1) is 14.8. The quantitative estimate of drug-likeness (QED) is 0.623. The Bertz CT molecular complexity index is 1240. The molecule has 1 aliphatic heterocycles. The highest BCUT2D eigenvalue weighted by atomic mass is 32.1. The third-order valence-corrected chi connectivity index (χ3v) is 6.76. The highest BCUT2D eigenvalue weighted by Crippen LogP contribution is 2.29. The molecule has 162 valence electrons. The van der Waals surface area contributed by atoms with Crippen LogP contribution in [-0.2, 0) is 22.5 Å². The number of ether oxygens (including phenoxy) is 1. The molecule has 3 aromatic rings. The lowest BCUT2D eigenvalue weighted by Crippen LogP contribution is -2.24. The molecule has 1 amide bonds. The van der Waals surface area contributed by atoms with Crippen LogP contribution in [0.1, 0.15) is 51.4 Å². The minimum atomic E-state index is -0.615. The molecular formula is C23H25N3O4S. The van der Waals surface area contributed by atoms with E-state index in [1.165, 1.54) is 0 Å². The number of thiophene rings is 1. The molecule has 0 unspecified atom stereocenters. The number of hydrogen-bond acceptors (Lipinski definition) is 6. The summed E-state index contributed by atoms with van der Waals surface area (Å²) in [4.78, 5) is 43.5. The molecule has 1 N–H and O–H groups in total. The number of hydrogen-bond donors (Lipinski definition) is 1. The maximum absolute atomic E-state index is 13.0. The molecule has 0 radical (unpaired) electrons. The van der Waals surface area contributed by atoms with E-state index in [4.69, 9.17) is 4.74 Å². The van der Waals surface area contributed by atoms with Crippen LogP contribution < -0.4 is 10.9 Å². The summed E-state index contributed by atoms with van der Waals surface area (Å²) < 4.78 is 6.99. The Balaban J connectivity index is 1.52. The number of benzene rings is 1. The van der Waals surface area contributed by atoms with E-state index in [0.29, 0.717) is 32.9 Å². The molecule has 2 aromatic heterocycles. The van der Waals surface area contributed by atoms with Gasteiger partial charge < -0.3 is 10.1 Å². The van der Waals surface area contributed by atoms with E-state index < -0.39 is 18.5 Å². The van der Waals surface area contributed by atoms with E-state index >= 15 is 0 Å². The van der Waals surface area contributed by atoms with Crippen molar-refractivity contribution >= 4 is 39.1 Å². The topological polar surface area (TPSA) is 90.3 Å². The van der Waals surface area contributed by atoms with Crippen molar-refractivity contribution in [3.05, 3.63) is 55.9 Å². The molecular weight excluding hydrogens is 414 g/mol. The van der Waals surface area contributed by atoms with Gasteiger partial charge in [-0.2, -0.15) is 0 Å². The van der Waals surface area contributed by atoms with Gasteiger partial charge in [-0.25, -0.2) is 9.78 Å². The van der Waals surface area contributed by atoms with Crippen LogP contribution in [0.25, 0.3) is 10.2 Å². The Morgan fingerprint density at radius 2 is 2.00 bits per heavy atom. The van der Waals surface area contributed by atoms with Gasteiger partial charge in [-0.15, -0.1) is 11.3 Å². The highest BCUT2D eigenvalue weighted by molar-refractivity contribution is 7.20. The Morgan fingerprint density at radius 3 is 2.81 bits per heavy atom. The lowest BCUT2D eigenvalue weighted by Gasteiger charge is -2.09. The fraction of sp³-hybridized carbons (Fsp3) is 0.391. The summed E-state index contributed by atoms with van der Waals surface area (Å²) in [5, 5.41) is 3.25. The maximum atomic E-state index is 13.0. The van der Waals surface area contributed by atoms with Gasteiger partial charge in [-0.05, 0) is 56.4 Å². The molecule has 8 heteroatoms. The second-order valence-corrected chi connectivity index (χ2v) is 8.97. The zero-order chi connectivity index (χ0) is 22.1. The Hall–Kier alpha value is -3.00. The van der Waals surface area contributed by atoms with Crippen molar-refractivity contribution in [3.8, 4) is 0 Å². The normalized spacial score (nSPS) is 13.5. The second-order valence-electron chi connectivity index (χ2n) is 7.97. The van der Waals surface area contributed by atoms with E-state index in [1.807, 2.05) is 32.0 Å². The standard InChI is InChI=1S/C23H25N3O4S/c1-13-8-9-14(2)16(11-13)24-18(27)12-30-23(29)20-15(3)19-21(31-20)25-17-7-5-4-6-10-26(17)22(19)28/h8-9,11H,4-7,10,12H2,1-3H3,(H,24,27). The van der Waals surface area contributed by atoms with Crippen LogP contribution in [0.3, 0.4) is 0 Å². The molecule has 1 aromatic carbocycles. The number of esters is 1.